The molecular formula is C14H24N4. The minimum absolute atomic E-state index is 0.376. The summed E-state index contributed by atoms with van der Waals surface area (Å²) in [4.78, 5) is 4.37. The molecule has 0 aliphatic carbocycles. The number of rotatable bonds is 7. The summed E-state index contributed by atoms with van der Waals surface area (Å²) in [6.45, 7) is 7.28. The maximum atomic E-state index is 9.24. The number of aromatic nitrogens is 2. The van der Waals surface area contributed by atoms with Gasteiger partial charge in [0.1, 0.15) is 11.4 Å². The van der Waals surface area contributed by atoms with Crippen LogP contribution < -0.4 is 5.32 Å². The molecule has 18 heavy (non-hydrogen) atoms. The van der Waals surface area contributed by atoms with Gasteiger partial charge in [-0.3, -0.25) is 0 Å². The number of nitrogens with one attached hydrogen (secondary N) is 1. The second-order valence-electron chi connectivity index (χ2n) is 5.03. The van der Waals surface area contributed by atoms with Gasteiger partial charge in [0, 0.05) is 24.9 Å². The summed E-state index contributed by atoms with van der Waals surface area (Å²) in [7, 11) is 1.86. The minimum atomic E-state index is -0.376. The highest BCUT2D eigenvalue weighted by Crippen LogP contribution is 2.18. The van der Waals surface area contributed by atoms with Crippen molar-refractivity contribution in [3.8, 4) is 6.07 Å². The molecule has 1 rings (SSSR count). The van der Waals surface area contributed by atoms with Gasteiger partial charge in [-0.1, -0.05) is 20.8 Å². The third-order valence-electron chi connectivity index (χ3n) is 3.56. The van der Waals surface area contributed by atoms with Crippen molar-refractivity contribution in [1.29, 1.82) is 5.26 Å². The highest BCUT2D eigenvalue weighted by atomic mass is 15.1. The zero-order valence-corrected chi connectivity index (χ0v) is 11.9. The fourth-order valence-electron chi connectivity index (χ4n) is 2.23. The van der Waals surface area contributed by atoms with Crippen LogP contribution in [0.15, 0.2) is 12.4 Å². The van der Waals surface area contributed by atoms with E-state index < -0.39 is 0 Å². The fraction of sp³-hybridized carbons (Fsp3) is 0.714. The first-order chi connectivity index (χ1) is 8.58. The number of hydrogen-bond donors (Lipinski definition) is 1. The Morgan fingerprint density at radius 1 is 1.56 bits per heavy atom. The number of hydrogen-bond acceptors (Lipinski definition) is 3. The van der Waals surface area contributed by atoms with E-state index in [4.69, 9.17) is 0 Å². The number of imidazole rings is 1. The van der Waals surface area contributed by atoms with Crippen molar-refractivity contribution in [2.45, 2.75) is 58.0 Å². The van der Waals surface area contributed by atoms with Crippen LogP contribution in [0.1, 0.15) is 51.8 Å². The summed E-state index contributed by atoms with van der Waals surface area (Å²) in [6, 6.07) is 2.40. The predicted octanol–water partition coefficient (Wildman–Crippen LogP) is 2.68. The standard InChI is InChI=1S/C14H24N4/c1-5-14(11-15,16-4)7-6-9-18-10-8-17-13(18)12(2)3/h8,10,12,16H,5-7,9H2,1-4H3. The SMILES string of the molecule is CCC(C#N)(CCCn1ccnc1C(C)C)NC. The molecule has 0 fully saturated rings. The third kappa shape index (κ3) is 3.33. The van der Waals surface area contributed by atoms with E-state index in [-0.39, 0.29) is 5.54 Å². The molecule has 1 heterocycles. The smallest absolute Gasteiger partial charge is 0.111 e. The molecule has 0 bridgehead atoms. The van der Waals surface area contributed by atoms with Crippen LogP contribution in [-0.2, 0) is 6.54 Å². The average Bonchev–Trinajstić information content (AvgIpc) is 2.84. The lowest BCUT2D eigenvalue weighted by atomic mass is 9.92. The van der Waals surface area contributed by atoms with Crippen molar-refractivity contribution < 1.29 is 0 Å². The van der Waals surface area contributed by atoms with Gasteiger partial charge in [-0.15, -0.1) is 0 Å². The van der Waals surface area contributed by atoms with Crippen LogP contribution in [0, 0.1) is 11.3 Å². The molecule has 0 aliphatic rings. The monoisotopic (exact) mass is 248 g/mol. The molecule has 0 saturated carbocycles. The minimum Gasteiger partial charge on any atom is -0.335 e. The summed E-state index contributed by atoms with van der Waals surface area (Å²) in [5.74, 6) is 1.56. The molecule has 1 atom stereocenters. The Hall–Kier alpha value is -1.34. The number of nitriles is 1. The Kier molecular flexibility index (Phi) is 5.36. The van der Waals surface area contributed by atoms with Gasteiger partial charge in [-0.2, -0.15) is 5.26 Å². The molecule has 0 spiro atoms. The molecule has 0 radical (unpaired) electrons. The van der Waals surface area contributed by atoms with Crippen LogP contribution in [0.2, 0.25) is 0 Å². The summed E-state index contributed by atoms with van der Waals surface area (Å²) < 4.78 is 2.19. The van der Waals surface area contributed by atoms with Crippen molar-refractivity contribution in [2.24, 2.45) is 0 Å². The van der Waals surface area contributed by atoms with Gasteiger partial charge in [-0.25, -0.2) is 4.98 Å². The molecule has 1 aromatic heterocycles. The molecule has 1 N–H and O–H groups in total. The normalized spacial score (nSPS) is 14.4. The largest absolute Gasteiger partial charge is 0.335 e. The van der Waals surface area contributed by atoms with Gasteiger partial charge < -0.3 is 9.88 Å². The Bertz CT molecular complexity index is 396. The van der Waals surface area contributed by atoms with Crippen molar-refractivity contribution in [2.75, 3.05) is 7.05 Å². The second-order valence-corrected chi connectivity index (χ2v) is 5.03. The Labute approximate surface area is 110 Å². The summed E-state index contributed by atoms with van der Waals surface area (Å²) in [6.07, 6.45) is 6.56. The molecule has 1 aromatic rings. The predicted molar refractivity (Wildman–Crippen MR) is 73.2 cm³/mol. The Balaban J connectivity index is 2.56. The first-order valence-corrected chi connectivity index (χ1v) is 6.69. The van der Waals surface area contributed by atoms with Crippen molar-refractivity contribution >= 4 is 0 Å². The molecule has 1 unspecified atom stereocenters. The van der Waals surface area contributed by atoms with Crippen LogP contribution in [0.5, 0.6) is 0 Å². The van der Waals surface area contributed by atoms with Crippen molar-refractivity contribution in [1.82, 2.24) is 14.9 Å². The summed E-state index contributed by atoms with van der Waals surface area (Å²) >= 11 is 0. The summed E-state index contributed by atoms with van der Waals surface area (Å²) in [5, 5.41) is 12.4. The van der Waals surface area contributed by atoms with E-state index in [1.54, 1.807) is 0 Å². The molecular weight excluding hydrogens is 224 g/mol. The van der Waals surface area contributed by atoms with Crippen LogP contribution >= 0.6 is 0 Å². The van der Waals surface area contributed by atoms with Crippen LogP contribution in [0.25, 0.3) is 0 Å². The molecule has 0 amide bonds. The van der Waals surface area contributed by atoms with Crippen LogP contribution in [-0.4, -0.2) is 22.1 Å². The van der Waals surface area contributed by atoms with Gasteiger partial charge in [0.05, 0.1) is 6.07 Å². The van der Waals surface area contributed by atoms with Crippen LogP contribution in [0.4, 0.5) is 0 Å². The second kappa shape index (κ2) is 6.55. The van der Waals surface area contributed by atoms with Crippen molar-refractivity contribution in [3.63, 3.8) is 0 Å². The van der Waals surface area contributed by atoms with E-state index in [0.29, 0.717) is 5.92 Å². The molecule has 0 saturated heterocycles. The molecule has 0 aliphatic heterocycles. The highest BCUT2D eigenvalue weighted by Gasteiger charge is 2.24. The zero-order valence-electron chi connectivity index (χ0n) is 11.9. The lowest BCUT2D eigenvalue weighted by molar-refractivity contribution is 0.378. The Morgan fingerprint density at radius 3 is 2.78 bits per heavy atom. The summed E-state index contributed by atoms with van der Waals surface area (Å²) in [5.41, 5.74) is -0.376. The van der Waals surface area contributed by atoms with E-state index in [1.165, 1.54) is 0 Å². The molecule has 4 heteroatoms. The van der Waals surface area contributed by atoms with E-state index in [2.05, 4.69) is 41.7 Å². The van der Waals surface area contributed by atoms with E-state index in [1.807, 2.05) is 19.4 Å². The average molecular weight is 248 g/mol. The Morgan fingerprint density at radius 2 is 2.28 bits per heavy atom. The van der Waals surface area contributed by atoms with E-state index in [9.17, 15) is 5.26 Å². The highest BCUT2D eigenvalue weighted by molar-refractivity contribution is 5.05. The lowest BCUT2D eigenvalue weighted by Crippen LogP contribution is -2.40. The van der Waals surface area contributed by atoms with E-state index in [0.717, 1.165) is 31.6 Å². The topological polar surface area (TPSA) is 53.6 Å². The van der Waals surface area contributed by atoms with Crippen molar-refractivity contribution in [3.05, 3.63) is 18.2 Å². The first kappa shape index (κ1) is 14.7. The van der Waals surface area contributed by atoms with Gasteiger partial charge >= 0.3 is 0 Å². The molecule has 100 valence electrons. The maximum absolute atomic E-state index is 9.24. The molecule has 4 nitrogen and oxygen atoms in total. The quantitative estimate of drug-likeness (QED) is 0.807. The fourth-order valence-corrected chi connectivity index (χ4v) is 2.23. The van der Waals surface area contributed by atoms with Gasteiger partial charge in [0.2, 0.25) is 0 Å². The molecule has 0 aromatic carbocycles. The van der Waals surface area contributed by atoms with Gasteiger partial charge in [0.25, 0.3) is 0 Å². The number of nitrogens with zero attached hydrogens (tertiary/aromatic N) is 3. The van der Waals surface area contributed by atoms with Crippen LogP contribution in [0.3, 0.4) is 0 Å². The van der Waals surface area contributed by atoms with E-state index >= 15 is 0 Å². The maximum Gasteiger partial charge on any atom is 0.111 e. The number of aryl methyl sites for hydroxylation is 1. The first-order valence-electron chi connectivity index (χ1n) is 6.69. The van der Waals surface area contributed by atoms with Gasteiger partial charge in [-0.05, 0) is 26.3 Å². The van der Waals surface area contributed by atoms with Gasteiger partial charge in [0.15, 0.2) is 0 Å². The lowest BCUT2D eigenvalue weighted by Gasteiger charge is -2.24. The third-order valence-corrected chi connectivity index (χ3v) is 3.56. The zero-order chi connectivity index (χ0) is 13.6.